The van der Waals surface area contributed by atoms with Crippen molar-refractivity contribution in [1.29, 1.82) is 0 Å². The number of rotatable bonds is 6. The van der Waals surface area contributed by atoms with Crippen LogP contribution in [0.4, 0.5) is 22.0 Å². The average molecular weight is 415 g/mol. The average Bonchev–Trinajstić information content (AvgIpc) is 2.92. The molecule has 0 aliphatic carbocycles. The fourth-order valence-corrected chi connectivity index (χ4v) is 3.32. The Labute approximate surface area is 163 Å². The normalized spacial score (nSPS) is 19.5. The van der Waals surface area contributed by atoms with Crippen LogP contribution in [0.5, 0.6) is 11.5 Å². The monoisotopic (exact) mass is 415 g/mol. The van der Waals surface area contributed by atoms with Crippen LogP contribution in [-0.4, -0.2) is 29.9 Å². The first-order valence-corrected chi connectivity index (χ1v) is 8.90. The number of nitrogens with zero attached hydrogens (tertiary/aromatic N) is 1. The van der Waals surface area contributed by atoms with Gasteiger partial charge in [-0.2, -0.15) is 0 Å². The van der Waals surface area contributed by atoms with E-state index in [4.69, 9.17) is 4.74 Å². The number of carbonyl (C=O) groups excluding carboxylic acids is 1. The summed E-state index contributed by atoms with van der Waals surface area (Å²) in [6, 6.07) is 8.39. The smallest absolute Gasteiger partial charge is 0.490 e. The Hall–Kier alpha value is -2.84. The second-order valence-electron chi connectivity index (χ2n) is 6.47. The minimum atomic E-state index is -4.81. The molecule has 4 nitrogen and oxygen atoms in total. The lowest BCUT2D eigenvalue weighted by molar-refractivity contribution is -0.274. The van der Waals surface area contributed by atoms with Gasteiger partial charge in [0.05, 0.1) is 12.6 Å². The summed E-state index contributed by atoms with van der Waals surface area (Å²) >= 11 is 0. The van der Waals surface area contributed by atoms with Crippen molar-refractivity contribution in [3.8, 4) is 11.5 Å². The van der Waals surface area contributed by atoms with Crippen molar-refractivity contribution in [2.75, 3.05) is 6.61 Å². The molecule has 9 heteroatoms. The van der Waals surface area contributed by atoms with Gasteiger partial charge in [0.15, 0.2) is 17.7 Å². The third kappa shape index (κ3) is 4.78. The van der Waals surface area contributed by atoms with Crippen LogP contribution in [0.25, 0.3) is 0 Å². The van der Waals surface area contributed by atoms with E-state index in [1.807, 2.05) is 0 Å². The van der Waals surface area contributed by atoms with E-state index in [9.17, 15) is 26.7 Å². The first-order chi connectivity index (χ1) is 13.7. The Kier molecular flexibility index (Phi) is 5.95. The third-order valence-corrected chi connectivity index (χ3v) is 4.51. The molecule has 2 aromatic carbocycles. The minimum absolute atomic E-state index is 0.0409. The quantitative estimate of drug-likeness (QED) is 0.628. The Morgan fingerprint density at radius 1 is 1.14 bits per heavy atom. The van der Waals surface area contributed by atoms with Gasteiger partial charge in [0.25, 0.3) is 5.91 Å². The molecule has 0 N–H and O–H groups in total. The van der Waals surface area contributed by atoms with E-state index < -0.39 is 36.0 Å². The number of likely N-dealkylation sites (tertiary alicyclic amines) is 1. The lowest BCUT2D eigenvalue weighted by Gasteiger charge is -2.26. The summed E-state index contributed by atoms with van der Waals surface area (Å²) in [7, 11) is 0. The standard InChI is InChI=1S/C20H18F5NO3/c1-2-28-18-14(4-3-5-15(18)21)17-10-16(22)19(27)26(17)11-12-6-8-13(9-7-12)29-20(23,24)25/h3-9,16-17H,2,10-11H2,1H3/t16-,17-/m0/s1. The molecule has 156 valence electrons. The summed E-state index contributed by atoms with van der Waals surface area (Å²) in [6.07, 6.45) is -6.74. The molecule has 29 heavy (non-hydrogen) atoms. The SMILES string of the molecule is CCOc1c(F)cccc1[C@@H]1C[C@H](F)C(=O)N1Cc1ccc(OC(F)(F)F)cc1. The number of alkyl halides is 4. The van der Waals surface area contributed by atoms with E-state index >= 15 is 0 Å². The third-order valence-electron chi connectivity index (χ3n) is 4.51. The summed E-state index contributed by atoms with van der Waals surface area (Å²) < 4.78 is 74.4. The number of amides is 1. The van der Waals surface area contributed by atoms with Gasteiger partial charge in [-0.25, -0.2) is 8.78 Å². The van der Waals surface area contributed by atoms with Crippen LogP contribution in [0.1, 0.15) is 30.5 Å². The number of carbonyl (C=O) groups is 1. The fraction of sp³-hybridized carbons (Fsp3) is 0.350. The number of ether oxygens (including phenoxy) is 2. The fourth-order valence-electron chi connectivity index (χ4n) is 3.32. The molecular weight excluding hydrogens is 397 g/mol. The summed E-state index contributed by atoms with van der Waals surface area (Å²) in [5.74, 6) is -1.83. The van der Waals surface area contributed by atoms with Crippen molar-refractivity contribution >= 4 is 5.91 Å². The van der Waals surface area contributed by atoms with Gasteiger partial charge in [0.2, 0.25) is 0 Å². The highest BCUT2D eigenvalue weighted by atomic mass is 19.4. The zero-order valence-corrected chi connectivity index (χ0v) is 15.4. The molecule has 3 rings (SSSR count). The predicted molar refractivity (Wildman–Crippen MR) is 93.5 cm³/mol. The van der Waals surface area contributed by atoms with Crippen LogP contribution in [0.15, 0.2) is 42.5 Å². The zero-order chi connectivity index (χ0) is 21.2. The Balaban J connectivity index is 1.86. The van der Waals surface area contributed by atoms with Gasteiger partial charge in [-0.1, -0.05) is 24.3 Å². The second-order valence-corrected chi connectivity index (χ2v) is 6.47. The van der Waals surface area contributed by atoms with Crippen LogP contribution in [0.2, 0.25) is 0 Å². The number of hydrogen-bond donors (Lipinski definition) is 0. The number of benzene rings is 2. The maximum Gasteiger partial charge on any atom is 0.573 e. The lowest BCUT2D eigenvalue weighted by Crippen LogP contribution is -2.29. The predicted octanol–water partition coefficient (Wildman–Crippen LogP) is 4.93. The lowest BCUT2D eigenvalue weighted by atomic mass is 10.0. The summed E-state index contributed by atoms with van der Waals surface area (Å²) in [6.45, 7) is 1.81. The largest absolute Gasteiger partial charge is 0.573 e. The second kappa shape index (κ2) is 8.26. The number of para-hydroxylation sites is 1. The highest BCUT2D eigenvalue weighted by Gasteiger charge is 2.42. The minimum Gasteiger partial charge on any atom is -0.490 e. The van der Waals surface area contributed by atoms with Gasteiger partial charge >= 0.3 is 6.36 Å². The van der Waals surface area contributed by atoms with Gasteiger partial charge < -0.3 is 14.4 Å². The maximum atomic E-state index is 14.2. The van der Waals surface area contributed by atoms with E-state index in [0.29, 0.717) is 11.1 Å². The van der Waals surface area contributed by atoms with Crippen molar-refractivity contribution in [2.24, 2.45) is 0 Å². The molecular formula is C20H18F5NO3. The molecule has 0 radical (unpaired) electrons. The molecule has 0 spiro atoms. The highest BCUT2D eigenvalue weighted by molar-refractivity contribution is 5.84. The molecule has 2 aromatic rings. The molecule has 1 heterocycles. The van der Waals surface area contributed by atoms with Crippen LogP contribution in [0, 0.1) is 5.82 Å². The molecule has 1 amide bonds. The number of hydrogen-bond acceptors (Lipinski definition) is 3. The molecule has 1 fully saturated rings. The van der Waals surface area contributed by atoms with Crippen molar-refractivity contribution < 1.29 is 36.2 Å². The molecule has 0 unspecified atom stereocenters. The van der Waals surface area contributed by atoms with Gasteiger partial charge in [-0.05, 0) is 30.7 Å². The van der Waals surface area contributed by atoms with Crippen LogP contribution >= 0.6 is 0 Å². The van der Waals surface area contributed by atoms with E-state index in [2.05, 4.69) is 4.74 Å². The van der Waals surface area contributed by atoms with E-state index in [0.717, 1.165) is 12.1 Å². The topological polar surface area (TPSA) is 38.8 Å². The van der Waals surface area contributed by atoms with Crippen molar-refractivity contribution in [2.45, 2.75) is 38.5 Å². The van der Waals surface area contributed by atoms with Gasteiger partial charge in [0, 0.05) is 18.5 Å². The van der Waals surface area contributed by atoms with Crippen LogP contribution < -0.4 is 9.47 Å². The van der Waals surface area contributed by atoms with Gasteiger partial charge in [0.1, 0.15) is 5.75 Å². The van der Waals surface area contributed by atoms with E-state index in [-0.39, 0.29) is 25.3 Å². The molecule has 1 aliphatic rings. The summed E-state index contributed by atoms with van der Waals surface area (Å²) in [5, 5.41) is 0. The van der Waals surface area contributed by atoms with Gasteiger partial charge in [-0.15, -0.1) is 13.2 Å². The molecule has 0 aromatic heterocycles. The Bertz CT molecular complexity index is 869. The summed E-state index contributed by atoms with van der Waals surface area (Å²) in [5.41, 5.74) is 0.818. The maximum absolute atomic E-state index is 14.2. The van der Waals surface area contributed by atoms with Crippen molar-refractivity contribution in [1.82, 2.24) is 4.90 Å². The highest BCUT2D eigenvalue weighted by Crippen LogP contribution is 2.41. The molecule has 0 saturated carbocycles. The van der Waals surface area contributed by atoms with Crippen LogP contribution in [-0.2, 0) is 11.3 Å². The van der Waals surface area contributed by atoms with E-state index in [1.54, 1.807) is 13.0 Å². The number of halogens is 5. The van der Waals surface area contributed by atoms with Crippen molar-refractivity contribution in [3.63, 3.8) is 0 Å². The van der Waals surface area contributed by atoms with E-state index in [1.165, 1.54) is 29.2 Å². The van der Waals surface area contributed by atoms with Crippen LogP contribution in [0.3, 0.4) is 0 Å². The van der Waals surface area contributed by atoms with Crippen molar-refractivity contribution in [3.05, 3.63) is 59.4 Å². The molecule has 0 bridgehead atoms. The molecule has 2 atom stereocenters. The van der Waals surface area contributed by atoms with Gasteiger partial charge in [-0.3, -0.25) is 4.79 Å². The zero-order valence-electron chi connectivity index (χ0n) is 15.4. The first kappa shape index (κ1) is 20.9. The Morgan fingerprint density at radius 2 is 1.83 bits per heavy atom. The first-order valence-electron chi connectivity index (χ1n) is 8.90. The molecule has 1 aliphatic heterocycles. The molecule has 1 saturated heterocycles. The Morgan fingerprint density at radius 3 is 2.45 bits per heavy atom. The summed E-state index contributed by atoms with van der Waals surface area (Å²) in [4.78, 5) is 13.6.